The number of benzene rings is 2. The molecule has 1 aliphatic rings. The number of amides is 1. The molecule has 0 unspecified atom stereocenters. The van der Waals surface area contributed by atoms with Crippen molar-refractivity contribution in [2.24, 2.45) is 0 Å². The minimum Gasteiger partial charge on any atom is -0.452 e. The van der Waals surface area contributed by atoms with Gasteiger partial charge in [0.2, 0.25) is 0 Å². The van der Waals surface area contributed by atoms with Crippen LogP contribution in [0.3, 0.4) is 0 Å². The molecule has 1 N–H and O–H groups in total. The van der Waals surface area contributed by atoms with Gasteiger partial charge >= 0.3 is 5.97 Å². The number of carbonyl (C=O) groups excluding carboxylic acids is 2. The third-order valence-electron chi connectivity index (χ3n) is 5.04. The number of nitro benzene ring substituents is 1. The molecule has 1 heterocycles. The molecular formula is C22H25N3O5. The Balaban J connectivity index is 1.62. The molecule has 0 saturated carbocycles. The van der Waals surface area contributed by atoms with Crippen LogP contribution in [-0.4, -0.2) is 41.4 Å². The van der Waals surface area contributed by atoms with Gasteiger partial charge in [-0.3, -0.25) is 14.9 Å². The first kappa shape index (κ1) is 21.3. The van der Waals surface area contributed by atoms with Crippen LogP contribution in [0.25, 0.3) is 0 Å². The van der Waals surface area contributed by atoms with Gasteiger partial charge in [0.05, 0.1) is 10.5 Å². The summed E-state index contributed by atoms with van der Waals surface area (Å²) in [4.78, 5) is 37.2. The van der Waals surface area contributed by atoms with Crippen LogP contribution in [0.1, 0.15) is 41.6 Å². The van der Waals surface area contributed by atoms with E-state index in [1.54, 1.807) is 4.90 Å². The third kappa shape index (κ3) is 5.79. The monoisotopic (exact) mass is 411 g/mol. The lowest BCUT2D eigenvalue weighted by molar-refractivity contribution is -0.384. The Morgan fingerprint density at radius 2 is 1.73 bits per heavy atom. The number of esters is 1. The van der Waals surface area contributed by atoms with Gasteiger partial charge in [0.1, 0.15) is 5.69 Å². The number of likely N-dealkylation sites (tertiary alicyclic amines) is 1. The lowest BCUT2D eigenvalue weighted by Gasteiger charge is -2.19. The van der Waals surface area contributed by atoms with Crippen molar-refractivity contribution in [1.82, 2.24) is 4.90 Å². The number of anilines is 1. The van der Waals surface area contributed by atoms with Crippen LogP contribution in [-0.2, 0) is 16.1 Å². The molecule has 1 saturated heterocycles. The summed E-state index contributed by atoms with van der Waals surface area (Å²) < 4.78 is 5.11. The Hall–Kier alpha value is -3.42. The van der Waals surface area contributed by atoms with E-state index in [4.69, 9.17) is 4.74 Å². The predicted molar refractivity (Wildman–Crippen MR) is 112 cm³/mol. The second-order valence-electron chi connectivity index (χ2n) is 7.20. The largest absolute Gasteiger partial charge is 0.452 e. The number of nitro groups is 1. The average Bonchev–Trinajstić information content (AvgIpc) is 3.06. The van der Waals surface area contributed by atoms with E-state index in [-0.39, 0.29) is 23.8 Å². The second-order valence-corrected chi connectivity index (χ2v) is 7.20. The van der Waals surface area contributed by atoms with Gasteiger partial charge in [-0.1, -0.05) is 43.2 Å². The van der Waals surface area contributed by atoms with Crippen LogP contribution < -0.4 is 5.32 Å². The van der Waals surface area contributed by atoms with E-state index in [2.05, 4.69) is 5.32 Å². The van der Waals surface area contributed by atoms with Gasteiger partial charge in [0, 0.05) is 25.7 Å². The molecule has 0 bridgehead atoms. The maximum absolute atomic E-state index is 12.3. The molecule has 30 heavy (non-hydrogen) atoms. The topological polar surface area (TPSA) is 102 Å². The molecule has 8 heteroatoms. The molecule has 158 valence electrons. The molecule has 1 aliphatic heterocycles. The summed E-state index contributed by atoms with van der Waals surface area (Å²) in [5.74, 6) is -0.989. The fraction of sp³-hybridized carbons (Fsp3) is 0.364. The predicted octanol–water partition coefficient (Wildman–Crippen LogP) is 3.77. The Bertz CT molecular complexity index is 893. The first-order valence-electron chi connectivity index (χ1n) is 10.1. The highest BCUT2D eigenvalue weighted by Gasteiger charge is 2.21. The summed E-state index contributed by atoms with van der Waals surface area (Å²) >= 11 is 0. The summed E-state index contributed by atoms with van der Waals surface area (Å²) in [6.07, 6.45) is 4.09. The minimum atomic E-state index is -0.754. The molecule has 2 aromatic carbocycles. The highest BCUT2D eigenvalue weighted by molar-refractivity contribution is 5.93. The van der Waals surface area contributed by atoms with Crippen molar-refractivity contribution in [3.8, 4) is 0 Å². The average molecular weight is 411 g/mol. The lowest BCUT2D eigenvalue weighted by atomic mass is 10.1. The third-order valence-corrected chi connectivity index (χ3v) is 5.04. The van der Waals surface area contributed by atoms with Crippen molar-refractivity contribution in [1.29, 1.82) is 0 Å². The molecule has 3 rings (SSSR count). The maximum atomic E-state index is 12.3. The minimum absolute atomic E-state index is 0.0376. The van der Waals surface area contributed by atoms with Crippen molar-refractivity contribution in [2.45, 2.75) is 32.2 Å². The molecule has 1 amide bonds. The number of carbonyl (C=O) groups is 2. The normalized spacial score (nSPS) is 13.9. The summed E-state index contributed by atoms with van der Waals surface area (Å²) in [5, 5.41) is 14.5. The maximum Gasteiger partial charge on any atom is 0.338 e. The zero-order valence-corrected chi connectivity index (χ0v) is 16.7. The van der Waals surface area contributed by atoms with E-state index >= 15 is 0 Å². The highest BCUT2D eigenvalue weighted by Crippen LogP contribution is 2.26. The fourth-order valence-corrected chi connectivity index (χ4v) is 3.37. The zero-order chi connectivity index (χ0) is 21.3. The van der Waals surface area contributed by atoms with Crippen LogP contribution in [0.2, 0.25) is 0 Å². The zero-order valence-electron chi connectivity index (χ0n) is 16.7. The van der Waals surface area contributed by atoms with Gasteiger partial charge in [-0.25, -0.2) is 4.79 Å². The van der Waals surface area contributed by atoms with E-state index in [0.29, 0.717) is 25.3 Å². The Morgan fingerprint density at radius 3 is 2.40 bits per heavy atom. The van der Waals surface area contributed by atoms with Crippen molar-refractivity contribution >= 4 is 23.3 Å². The first-order chi connectivity index (χ1) is 14.5. The molecule has 1 fully saturated rings. The molecule has 8 nitrogen and oxygen atoms in total. The number of rotatable bonds is 7. The Labute approximate surface area is 175 Å². The fourth-order valence-electron chi connectivity index (χ4n) is 3.37. The van der Waals surface area contributed by atoms with Crippen LogP contribution in [0.4, 0.5) is 11.4 Å². The van der Waals surface area contributed by atoms with Gasteiger partial charge in [-0.2, -0.15) is 0 Å². The van der Waals surface area contributed by atoms with Gasteiger partial charge in [-0.15, -0.1) is 0 Å². The molecule has 0 aromatic heterocycles. The van der Waals surface area contributed by atoms with Gasteiger partial charge in [-0.05, 0) is 30.5 Å². The lowest BCUT2D eigenvalue weighted by Crippen LogP contribution is -2.35. The summed E-state index contributed by atoms with van der Waals surface area (Å²) in [5.41, 5.74) is 1.10. The standard InChI is InChI=1S/C22H25N3O5/c26-21(24-12-6-1-2-7-13-24)16-30-22(27)18-10-11-19(20(14-18)25(28)29)23-15-17-8-4-3-5-9-17/h3-5,8-11,14,23H,1-2,6-7,12-13,15-16H2. The van der Waals surface area contributed by atoms with E-state index in [9.17, 15) is 19.7 Å². The van der Waals surface area contributed by atoms with E-state index in [1.807, 2.05) is 30.3 Å². The summed E-state index contributed by atoms with van der Waals surface area (Å²) in [7, 11) is 0. The van der Waals surface area contributed by atoms with Crippen LogP contribution in [0, 0.1) is 10.1 Å². The molecule has 0 atom stereocenters. The number of hydrogen-bond donors (Lipinski definition) is 1. The number of nitrogens with zero attached hydrogens (tertiary/aromatic N) is 2. The van der Waals surface area contributed by atoms with Crippen molar-refractivity contribution < 1.29 is 19.2 Å². The molecular weight excluding hydrogens is 386 g/mol. The molecule has 0 aliphatic carbocycles. The second kappa shape index (κ2) is 10.4. The van der Waals surface area contributed by atoms with Gasteiger partial charge in [0.25, 0.3) is 11.6 Å². The summed E-state index contributed by atoms with van der Waals surface area (Å²) in [6.45, 7) is 1.39. The Morgan fingerprint density at radius 1 is 1.03 bits per heavy atom. The van der Waals surface area contributed by atoms with Crippen LogP contribution in [0.5, 0.6) is 0 Å². The van der Waals surface area contributed by atoms with E-state index in [1.165, 1.54) is 18.2 Å². The van der Waals surface area contributed by atoms with Crippen molar-refractivity contribution in [2.75, 3.05) is 25.0 Å². The quantitative estimate of drug-likeness (QED) is 0.423. The van der Waals surface area contributed by atoms with Crippen LogP contribution >= 0.6 is 0 Å². The van der Waals surface area contributed by atoms with Crippen molar-refractivity contribution in [3.05, 3.63) is 69.8 Å². The van der Waals surface area contributed by atoms with E-state index in [0.717, 1.165) is 31.2 Å². The molecule has 0 spiro atoms. The van der Waals surface area contributed by atoms with E-state index < -0.39 is 10.9 Å². The Kier molecular flexibility index (Phi) is 7.37. The summed E-state index contributed by atoms with van der Waals surface area (Å²) in [6, 6.07) is 13.6. The number of ether oxygens (including phenoxy) is 1. The smallest absolute Gasteiger partial charge is 0.338 e. The van der Waals surface area contributed by atoms with Gasteiger partial charge in [0.15, 0.2) is 6.61 Å². The van der Waals surface area contributed by atoms with Crippen molar-refractivity contribution in [3.63, 3.8) is 0 Å². The highest BCUT2D eigenvalue weighted by atomic mass is 16.6. The SMILES string of the molecule is O=C(OCC(=O)N1CCCCCC1)c1ccc(NCc2ccccc2)c([N+](=O)[O-])c1. The van der Waals surface area contributed by atoms with Gasteiger partial charge < -0.3 is 15.0 Å². The number of hydrogen-bond acceptors (Lipinski definition) is 6. The number of nitrogens with one attached hydrogen (secondary N) is 1. The molecule has 0 radical (unpaired) electrons. The first-order valence-corrected chi connectivity index (χ1v) is 10.1. The molecule has 2 aromatic rings. The van der Waals surface area contributed by atoms with Crippen LogP contribution in [0.15, 0.2) is 48.5 Å².